The molecule has 1 fully saturated rings. The molecular formula is C25H29N3O3. The number of piperazine rings is 1. The van der Waals surface area contributed by atoms with Crippen molar-refractivity contribution in [2.75, 3.05) is 44.7 Å². The molecule has 2 aromatic carbocycles. The predicted molar refractivity (Wildman–Crippen MR) is 122 cm³/mol. The molecule has 0 spiro atoms. The van der Waals surface area contributed by atoms with Crippen LogP contribution in [0.2, 0.25) is 0 Å². The van der Waals surface area contributed by atoms with E-state index in [0.717, 1.165) is 29.8 Å². The Labute approximate surface area is 183 Å². The first-order valence-electron chi connectivity index (χ1n) is 10.8. The molecule has 2 amide bonds. The molecule has 2 aliphatic heterocycles. The average Bonchev–Trinajstić information content (AvgIpc) is 3.01. The van der Waals surface area contributed by atoms with Crippen molar-refractivity contribution in [3.63, 3.8) is 0 Å². The Balaban J connectivity index is 1.84. The summed E-state index contributed by atoms with van der Waals surface area (Å²) in [6.45, 7) is 9.52. The third-order valence-corrected chi connectivity index (χ3v) is 6.08. The molecule has 2 aliphatic rings. The van der Waals surface area contributed by atoms with Crippen LogP contribution in [0.1, 0.15) is 23.6 Å². The number of likely N-dealkylation sites (N-methyl/N-ethyl adjacent to an activating group) is 1. The predicted octanol–water partition coefficient (Wildman–Crippen LogP) is 3.23. The summed E-state index contributed by atoms with van der Waals surface area (Å²) in [4.78, 5) is 33.0. The van der Waals surface area contributed by atoms with E-state index in [9.17, 15) is 9.59 Å². The standard InChI is InChI=1S/C25H29N3O3/c1-5-31-21-9-7-6-8-20(21)28-24(29)22(19-11-10-17(2)18(3)16-19)23(25(28)30)27-14-12-26(4)13-15-27/h6-11,16H,5,12-15H2,1-4H3. The summed E-state index contributed by atoms with van der Waals surface area (Å²) in [5.41, 5.74) is 4.49. The molecule has 0 aliphatic carbocycles. The minimum absolute atomic E-state index is 0.282. The Morgan fingerprint density at radius 2 is 1.61 bits per heavy atom. The number of anilines is 1. The molecule has 0 aromatic heterocycles. The van der Waals surface area contributed by atoms with Crippen molar-refractivity contribution in [3.8, 4) is 5.75 Å². The maximum atomic E-state index is 13.7. The van der Waals surface area contributed by atoms with Gasteiger partial charge in [0, 0.05) is 26.2 Å². The normalized spacial score (nSPS) is 17.7. The zero-order valence-electron chi connectivity index (χ0n) is 18.6. The van der Waals surface area contributed by atoms with Crippen LogP contribution in [0.25, 0.3) is 5.57 Å². The fourth-order valence-corrected chi connectivity index (χ4v) is 4.14. The van der Waals surface area contributed by atoms with Crippen LogP contribution >= 0.6 is 0 Å². The van der Waals surface area contributed by atoms with Crippen molar-refractivity contribution in [3.05, 3.63) is 64.9 Å². The molecule has 6 nitrogen and oxygen atoms in total. The third-order valence-electron chi connectivity index (χ3n) is 6.08. The molecule has 2 aromatic rings. The Morgan fingerprint density at radius 3 is 2.29 bits per heavy atom. The van der Waals surface area contributed by atoms with Crippen LogP contribution in [0.15, 0.2) is 48.2 Å². The SMILES string of the molecule is CCOc1ccccc1N1C(=O)C(c2ccc(C)c(C)c2)=C(N2CCN(C)CC2)C1=O. The largest absolute Gasteiger partial charge is 0.492 e. The van der Waals surface area contributed by atoms with E-state index in [1.165, 1.54) is 4.90 Å². The fraction of sp³-hybridized carbons (Fsp3) is 0.360. The Morgan fingerprint density at radius 1 is 0.903 bits per heavy atom. The maximum Gasteiger partial charge on any atom is 0.282 e. The van der Waals surface area contributed by atoms with Gasteiger partial charge in [0.2, 0.25) is 0 Å². The third kappa shape index (κ3) is 3.83. The number of aryl methyl sites for hydroxylation is 2. The van der Waals surface area contributed by atoms with Gasteiger partial charge in [-0.1, -0.05) is 30.3 Å². The Bertz CT molecular complexity index is 1050. The highest BCUT2D eigenvalue weighted by atomic mass is 16.5. The van der Waals surface area contributed by atoms with E-state index < -0.39 is 0 Å². The van der Waals surface area contributed by atoms with Crippen LogP contribution in [-0.2, 0) is 9.59 Å². The minimum Gasteiger partial charge on any atom is -0.492 e. The Kier molecular flexibility index (Phi) is 5.83. The molecule has 31 heavy (non-hydrogen) atoms. The fourth-order valence-electron chi connectivity index (χ4n) is 4.14. The van der Waals surface area contributed by atoms with Crippen LogP contribution in [0.5, 0.6) is 5.75 Å². The Hall–Kier alpha value is -3.12. The molecule has 0 unspecified atom stereocenters. The van der Waals surface area contributed by atoms with Crippen molar-refractivity contribution < 1.29 is 14.3 Å². The van der Waals surface area contributed by atoms with Gasteiger partial charge in [0.15, 0.2) is 0 Å². The smallest absolute Gasteiger partial charge is 0.282 e. The molecule has 0 bridgehead atoms. The molecule has 6 heteroatoms. The molecular weight excluding hydrogens is 390 g/mol. The monoisotopic (exact) mass is 419 g/mol. The summed E-state index contributed by atoms with van der Waals surface area (Å²) in [6, 6.07) is 13.2. The molecule has 1 saturated heterocycles. The molecule has 2 heterocycles. The number of carbonyl (C=O) groups is 2. The van der Waals surface area contributed by atoms with Gasteiger partial charge < -0.3 is 14.5 Å². The highest BCUT2D eigenvalue weighted by molar-refractivity contribution is 6.45. The summed E-state index contributed by atoms with van der Waals surface area (Å²) in [6.07, 6.45) is 0. The maximum absolute atomic E-state index is 13.7. The van der Waals surface area contributed by atoms with Crippen LogP contribution in [0.4, 0.5) is 5.69 Å². The van der Waals surface area contributed by atoms with Crippen molar-refractivity contribution >= 4 is 23.1 Å². The van der Waals surface area contributed by atoms with Gasteiger partial charge in [-0.3, -0.25) is 9.59 Å². The minimum atomic E-state index is -0.297. The van der Waals surface area contributed by atoms with E-state index >= 15 is 0 Å². The summed E-state index contributed by atoms with van der Waals surface area (Å²) >= 11 is 0. The number of amides is 2. The second-order valence-electron chi connectivity index (χ2n) is 8.16. The molecule has 0 saturated carbocycles. The lowest BCUT2D eigenvalue weighted by molar-refractivity contribution is -0.120. The number of nitrogens with zero attached hydrogens (tertiary/aromatic N) is 3. The van der Waals surface area contributed by atoms with E-state index in [1.807, 2.05) is 51.1 Å². The van der Waals surface area contributed by atoms with Gasteiger partial charge in [-0.2, -0.15) is 0 Å². The number of ether oxygens (including phenoxy) is 1. The average molecular weight is 420 g/mol. The van der Waals surface area contributed by atoms with Gasteiger partial charge >= 0.3 is 0 Å². The van der Waals surface area contributed by atoms with Gasteiger partial charge in [-0.05, 0) is 56.6 Å². The number of para-hydroxylation sites is 2. The van der Waals surface area contributed by atoms with Gasteiger partial charge in [-0.25, -0.2) is 4.90 Å². The first-order valence-corrected chi connectivity index (χ1v) is 10.8. The highest BCUT2D eigenvalue weighted by Crippen LogP contribution is 2.39. The number of imide groups is 1. The van der Waals surface area contributed by atoms with E-state index in [4.69, 9.17) is 4.74 Å². The topological polar surface area (TPSA) is 53.1 Å². The summed E-state index contributed by atoms with van der Waals surface area (Å²) < 4.78 is 5.73. The lowest BCUT2D eigenvalue weighted by Crippen LogP contribution is -2.46. The first kappa shape index (κ1) is 21.1. The quantitative estimate of drug-likeness (QED) is 0.697. The molecule has 0 radical (unpaired) electrons. The lowest BCUT2D eigenvalue weighted by atomic mass is 9.99. The zero-order valence-corrected chi connectivity index (χ0v) is 18.6. The number of rotatable bonds is 5. The van der Waals surface area contributed by atoms with Crippen molar-refractivity contribution in [2.45, 2.75) is 20.8 Å². The summed E-state index contributed by atoms with van der Waals surface area (Å²) in [5.74, 6) is -0.0463. The molecule has 0 N–H and O–H groups in total. The number of carbonyl (C=O) groups excluding carboxylic acids is 2. The summed E-state index contributed by atoms with van der Waals surface area (Å²) in [5, 5.41) is 0. The molecule has 0 atom stereocenters. The van der Waals surface area contributed by atoms with Crippen LogP contribution < -0.4 is 9.64 Å². The van der Waals surface area contributed by atoms with Crippen molar-refractivity contribution in [1.82, 2.24) is 9.80 Å². The van der Waals surface area contributed by atoms with Crippen LogP contribution in [-0.4, -0.2) is 61.4 Å². The van der Waals surface area contributed by atoms with E-state index in [-0.39, 0.29) is 11.8 Å². The van der Waals surface area contributed by atoms with E-state index in [1.54, 1.807) is 12.1 Å². The first-order chi connectivity index (χ1) is 14.9. The van der Waals surface area contributed by atoms with E-state index in [0.29, 0.717) is 42.4 Å². The zero-order chi connectivity index (χ0) is 22.1. The number of hydrogen-bond acceptors (Lipinski definition) is 5. The van der Waals surface area contributed by atoms with Gasteiger partial charge in [0.05, 0.1) is 17.9 Å². The molecule has 162 valence electrons. The van der Waals surface area contributed by atoms with Crippen LogP contribution in [0, 0.1) is 13.8 Å². The summed E-state index contributed by atoms with van der Waals surface area (Å²) in [7, 11) is 2.07. The van der Waals surface area contributed by atoms with Gasteiger partial charge in [0.25, 0.3) is 11.8 Å². The number of benzene rings is 2. The van der Waals surface area contributed by atoms with Crippen molar-refractivity contribution in [2.24, 2.45) is 0 Å². The second-order valence-corrected chi connectivity index (χ2v) is 8.16. The van der Waals surface area contributed by atoms with E-state index in [2.05, 4.69) is 16.8 Å². The second kappa shape index (κ2) is 8.55. The highest BCUT2D eigenvalue weighted by Gasteiger charge is 2.43. The lowest BCUT2D eigenvalue weighted by Gasteiger charge is -2.34. The van der Waals surface area contributed by atoms with Gasteiger partial charge in [0.1, 0.15) is 11.4 Å². The van der Waals surface area contributed by atoms with Crippen molar-refractivity contribution in [1.29, 1.82) is 0 Å². The van der Waals surface area contributed by atoms with Gasteiger partial charge in [-0.15, -0.1) is 0 Å². The molecule has 4 rings (SSSR count). The number of hydrogen-bond donors (Lipinski definition) is 0. The van der Waals surface area contributed by atoms with Crippen LogP contribution in [0.3, 0.4) is 0 Å².